The number of ether oxygens (including phenoxy) is 1. The van der Waals surface area contributed by atoms with Crippen molar-refractivity contribution < 1.29 is 44.3 Å². The number of aryl methyl sites for hydroxylation is 1. The highest BCUT2D eigenvalue weighted by Gasteiger charge is 2.41. The summed E-state index contributed by atoms with van der Waals surface area (Å²) >= 11 is 5.77. The fourth-order valence-corrected chi connectivity index (χ4v) is 4.78. The molecule has 0 saturated heterocycles. The largest absolute Gasteiger partial charge is 0.465 e. The quantitative estimate of drug-likeness (QED) is 0.229. The van der Waals surface area contributed by atoms with Gasteiger partial charge in [0.25, 0.3) is 10.0 Å². The van der Waals surface area contributed by atoms with Gasteiger partial charge in [-0.1, -0.05) is 23.7 Å². The number of carbonyl (C=O) groups is 1. The molecule has 15 heteroatoms. The first-order chi connectivity index (χ1) is 17.0. The van der Waals surface area contributed by atoms with Crippen molar-refractivity contribution in [3.05, 3.63) is 69.4 Å². The molecule has 2 aromatic carbocycles. The number of carbonyl (C=O) groups excluding carboxylic acids is 1. The van der Waals surface area contributed by atoms with Crippen molar-refractivity contribution in [1.82, 2.24) is 9.97 Å². The van der Waals surface area contributed by atoms with Crippen LogP contribution in [0.3, 0.4) is 0 Å². The highest BCUT2D eigenvalue weighted by molar-refractivity contribution is 7.92. The number of rotatable bonds is 5. The van der Waals surface area contributed by atoms with Gasteiger partial charge in [0.15, 0.2) is 0 Å². The molecule has 0 unspecified atom stereocenters. The van der Waals surface area contributed by atoms with Crippen molar-refractivity contribution in [2.75, 3.05) is 11.8 Å². The Morgan fingerprint density at radius 3 is 2.22 bits per heavy atom. The van der Waals surface area contributed by atoms with Gasteiger partial charge in [0.1, 0.15) is 10.7 Å². The van der Waals surface area contributed by atoms with Gasteiger partial charge in [0.2, 0.25) is 5.95 Å². The van der Waals surface area contributed by atoms with Gasteiger partial charge in [-0.05, 0) is 49.2 Å². The van der Waals surface area contributed by atoms with E-state index in [2.05, 4.69) is 14.7 Å². The molecule has 1 N–H and O–H groups in total. The average molecular weight is 568 g/mol. The standard InChI is InChI=1S/C22H16ClF6N3O4S/c1-10-7-8-14(21(24,25)26)11(2)15(10)17-16(22(27,28)29)18(23)31-20(30-17)32-37(34,35)13-6-4-5-12(9-13)19(33)36-3/h4-9H,1-3H3,(H,30,31,32). The molecule has 0 amide bonds. The van der Waals surface area contributed by atoms with Crippen LogP contribution in [-0.2, 0) is 27.1 Å². The zero-order valence-corrected chi connectivity index (χ0v) is 20.6. The number of sulfonamides is 1. The van der Waals surface area contributed by atoms with E-state index in [0.717, 1.165) is 32.2 Å². The molecule has 0 bridgehead atoms. The summed E-state index contributed by atoms with van der Waals surface area (Å²) in [5, 5.41) is -1.24. The molecular formula is C22H16ClF6N3O4S. The zero-order valence-electron chi connectivity index (χ0n) is 19.0. The lowest BCUT2D eigenvalue weighted by atomic mass is 9.93. The molecule has 198 valence electrons. The second-order valence-electron chi connectivity index (χ2n) is 7.61. The third kappa shape index (κ3) is 5.80. The molecule has 0 aliphatic carbocycles. The highest BCUT2D eigenvalue weighted by atomic mass is 35.5. The summed E-state index contributed by atoms with van der Waals surface area (Å²) in [6.07, 6.45) is -10.1. The van der Waals surface area contributed by atoms with Gasteiger partial charge in [0, 0.05) is 5.56 Å². The number of halogens is 7. The number of alkyl halides is 6. The van der Waals surface area contributed by atoms with Crippen molar-refractivity contribution >= 4 is 33.5 Å². The number of nitrogens with one attached hydrogen (secondary N) is 1. The molecule has 0 radical (unpaired) electrons. The summed E-state index contributed by atoms with van der Waals surface area (Å²) in [6, 6.07) is 6.14. The maximum absolute atomic E-state index is 13.9. The minimum Gasteiger partial charge on any atom is -0.465 e. The Hall–Kier alpha value is -3.39. The number of hydrogen-bond donors (Lipinski definition) is 1. The summed E-state index contributed by atoms with van der Waals surface area (Å²) in [5.41, 5.74) is -5.17. The Morgan fingerprint density at radius 1 is 1.00 bits per heavy atom. The van der Waals surface area contributed by atoms with Gasteiger partial charge < -0.3 is 4.74 Å². The molecule has 1 heterocycles. The molecular weight excluding hydrogens is 552 g/mol. The maximum atomic E-state index is 13.9. The molecule has 0 saturated carbocycles. The van der Waals surface area contributed by atoms with Crippen LogP contribution in [0.25, 0.3) is 11.3 Å². The van der Waals surface area contributed by atoms with Gasteiger partial charge in [-0.3, -0.25) is 0 Å². The van der Waals surface area contributed by atoms with E-state index < -0.39 is 72.3 Å². The van der Waals surface area contributed by atoms with Crippen LogP contribution in [0.5, 0.6) is 0 Å². The second kappa shape index (κ2) is 9.82. The van der Waals surface area contributed by atoms with E-state index in [9.17, 15) is 39.6 Å². The summed E-state index contributed by atoms with van der Waals surface area (Å²) in [6.45, 7) is 2.23. The normalized spacial score (nSPS) is 12.4. The summed E-state index contributed by atoms with van der Waals surface area (Å²) in [5.74, 6) is -1.80. The van der Waals surface area contributed by atoms with E-state index >= 15 is 0 Å². The van der Waals surface area contributed by atoms with Crippen molar-refractivity contribution in [3.63, 3.8) is 0 Å². The van der Waals surface area contributed by atoms with Crippen LogP contribution in [0, 0.1) is 13.8 Å². The molecule has 7 nitrogen and oxygen atoms in total. The second-order valence-corrected chi connectivity index (χ2v) is 9.65. The number of hydrogen-bond acceptors (Lipinski definition) is 6. The van der Waals surface area contributed by atoms with Crippen LogP contribution in [0.1, 0.15) is 32.6 Å². The minimum atomic E-state index is -5.20. The van der Waals surface area contributed by atoms with Gasteiger partial charge in [0.05, 0.1) is 28.8 Å². The average Bonchev–Trinajstić information content (AvgIpc) is 2.76. The predicted octanol–water partition coefficient (Wildman–Crippen LogP) is 6.04. The SMILES string of the molecule is COC(=O)c1cccc(S(=O)(=O)Nc2nc(Cl)c(C(F)(F)F)c(-c3c(C)ccc(C(F)(F)F)c3C)n2)c1. The number of aromatic nitrogens is 2. The summed E-state index contributed by atoms with van der Waals surface area (Å²) in [7, 11) is -3.53. The van der Waals surface area contributed by atoms with E-state index in [-0.39, 0.29) is 11.1 Å². The molecule has 3 aromatic rings. The zero-order chi connectivity index (χ0) is 27.9. The molecule has 3 rings (SSSR count). The van der Waals surface area contributed by atoms with Crippen molar-refractivity contribution in [3.8, 4) is 11.3 Å². The summed E-state index contributed by atoms with van der Waals surface area (Å²) in [4.78, 5) is 18.2. The lowest BCUT2D eigenvalue weighted by Gasteiger charge is -2.20. The van der Waals surface area contributed by atoms with E-state index in [1.165, 1.54) is 19.1 Å². The van der Waals surface area contributed by atoms with Crippen molar-refractivity contribution in [2.45, 2.75) is 31.1 Å². The molecule has 1 aromatic heterocycles. The third-order valence-corrected chi connectivity index (χ3v) is 6.75. The molecule has 0 aliphatic rings. The van der Waals surface area contributed by atoms with E-state index in [0.29, 0.717) is 6.07 Å². The Bertz CT molecular complexity index is 1490. The lowest BCUT2D eigenvalue weighted by Crippen LogP contribution is -2.19. The predicted molar refractivity (Wildman–Crippen MR) is 121 cm³/mol. The molecule has 0 fully saturated rings. The van der Waals surface area contributed by atoms with Gasteiger partial charge in [-0.15, -0.1) is 0 Å². The van der Waals surface area contributed by atoms with Crippen LogP contribution >= 0.6 is 11.6 Å². The fourth-order valence-electron chi connectivity index (χ4n) is 3.52. The Kier molecular flexibility index (Phi) is 7.48. The van der Waals surface area contributed by atoms with Crippen LogP contribution in [0.4, 0.5) is 32.3 Å². The highest BCUT2D eigenvalue weighted by Crippen LogP contribution is 2.44. The van der Waals surface area contributed by atoms with E-state index in [1.54, 1.807) is 0 Å². The Balaban J connectivity index is 2.24. The third-order valence-electron chi connectivity index (χ3n) is 5.15. The minimum absolute atomic E-state index is 0.00893. The lowest BCUT2D eigenvalue weighted by molar-refractivity contribution is -0.138. The van der Waals surface area contributed by atoms with E-state index in [1.807, 2.05) is 4.72 Å². The topological polar surface area (TPSA) is 98.2 Å². The number of anilines is 1. The molecule has 0 spiro atoms. The number of esters is 1. The van der Waals surface area contributed by atoms with Crippen LogP contribution < -0.4 is 4.72 Å². The van der Waals surface area contributed by atoms with Gasteiger partial charge in [-0.2, -0.15) is 31.3 Å². The molecule has 0 aliphatic heterocycles. The Labute approximate surface area is 211 Å². The Morgan fingerprint density at radius 2 is 1.65 bits per heavy atom. The fraction of sp³-hybridized carbons (Fsp3) is 0.227. The van der Waals surface area contributed by atoms with Gasteiger partial charge in [-0.25, -0.2) is 22.9 Å². The maximum Gasteiger partial charge on any atom is 0.421 e. The number of methoxy groups -OCH3 is 1. The van der Waals surface area contributed by atoms with Crippen molar-refractivity contribution in [2.24, 2.45) is 0 Å². The van der Waals surface area contributed by atoms with Crippen LogP contribution in [-0.4, -0.2) is 31.5 Å². The first-order valence-electron chi connectivity index (χ1n) is 10.0. The van der Waals surface area contributed by atoms with Crippen LogP contribution in [0.15, 0.2) is 41.3 Å². The molecule has 0 atom stereocenters. The first kappa shape index (κ1) is 28.2. The molecule has 37 heavy (non-hydrogen) atoms. The number of nitrogens with zero attached hydrogens (tertiary/aromatic N) is 2. The van der Waals surface area contributed by atoms with Crippen LogP contribution in [0.2, 0.25) is 5.15 Å². The van der Waals surface area contributed by atoms with E-state index in [4.69, 9.17) is 11.6 Å². The monoisotopic (exact) mass is 567 g/mol. The smallest absolute Gasteiger partial charge is 0.421 e. The van der Waals surface area contributed by atoms with Crippen molar-refractivity contribution in [1.29, 1.82) is 0 Å². The first-order valence-corrected chi connectivity index (χ1v) is 11.9. The number of benzene rings is 2. The van der Waals surface area contributed by atoms with Gasteiger partial charge >= 0.3 is 18.3 Å². The summed E-state index contributed by atoms with van der Waals surface area (Å²) < 4.78 is 114.